The largest absolute Gasteiger partial charge is 0.496 e. The number of anilines is 4. The van der Waals surface area contributed by atoms with Crippen molar-refractivity contribution in [1.82, 2.24) is 21.3 Å². The molecule has 0 heterocycles. The lowest BCUT2D eigenvalue weighted by molar-refractivity contribution is -0.138. The summed E-state index contributed by atoms with van der Waals surface area (Å²) in [4.78, 5) is 122. The van der Waals surface area contributed by atoms with Crippen LogP contribution in [0.5, 0.6) is 23.0 Å². The van der Waals surface area contributed by atoms with Crippen molar-refractivity contribution in [3.8, 4) is 23.0 Å². The van der Waals surface area contributed by atoms with Crippen LogP contribution >= 0.6 is 0 Å². The maximum Gasteiger partial charge on any atom is 0.325 e. The summed E-state index contributed by atoms with van der Waals surface area (Å²) in [5, 5.41) is 30.9. The molecule has 468 valence electrons. The van der Waals surface area contributed by atoms with Crippen LogP contribution in [0.15, 0.2) is 72.8 Å². The number of nitrogens with two attached hydrogens (primary N) is 5. The van der Waals surface area contributed by atoms with E-state index in [0.717, 1.165) is 0 Å². The minimum Gasteiger partial charge on any atom is -0.496 e. The van der Waals surface area contributed by atoms with Gasteiger partial charge < -0.3 is 95.3 Å². The van der Waals surface area contributed by atoms with Gasteiger partial charge in [0.1, 0.15) is 47.2 Å². The van der Waals surface area contributed by atoms with Crippen molar-refractivity contribution in [2.75, 3.05) is 75.9 Å². The van der Waals surface area contributed by atoms with Gasteiger partial charge in [-0.05, 0) is 177 Å². The Morgan fingerprint density at radius 3 is 0.907 bits per heavy atom. The SMILES string of the molecule is COc1ccc(NC(=O)C(CCCCN)NC(=O)c2cc(NC(=O)C(CCCCN)NC(=O)c3cc(NC(=O)C(CCCCN)NC(=O)c4cc(NC(=O)C(N)CCCCN)ccc4OC)ccc3OC)ccc2OC)cc1C(=O)NC(C)C(=O)O. The number of carbonyl (C=O) groups is 9. The van der Waals surface area contributed by atoms with E-state index < -0.39 is 83.4 Å². The van der Waals surface area contributed by atoms with Gasteiger partial charge in [-0.1, -0.05) is 6.42 Å². The summed E-state index contributed by atoms with van der Waals surface area (Å²) in [5.74, 6) is -6.23. The van der Waals surface area contributed by atoms with E-state index in [-0.39, 0.29) is 87.3 Å². The Hall–Kier alpha value is -8.89. The molecule has 0 fully saturated rings. The van der Waals surface area contributed by atoms with Crippen molar-refractivity contribution in [3.63, 3.8) is 0 Å². The number of carboxylic acids is 1. The quantitative estimate of drug-likeness (QED) is 0.0289. The number of ether oxygens (including phenoxy) is 4. The lowest BCUT2D eigenvalue weighted by atomic mass is 10.1. The topological polar surface area (TPSA) is 437 Å². The van der Waals surface area contributed by atoms with Gasteiger partial charge in [0.05, 0.1) is 56.7 Å². The molecule has 4 aromatic rings. The molecule has 0 saturated carbocycles. The molecular weight excluding hydrogens is 1110 g/mol. The molecule has 0 aliphatic carbocycles. The van der Waals surface area contributed by atoms with Crippen molar-refractivity contribution in [2.24, 2.45) is 28.7 Å². The van der Waals surface area contributed by atoms with Crippen LogP contribution in [-0.4, -0.2) is 143 Å². The summed E-state index contributed by atoms with van der Waals surface area (Å²) in [6.07, 6.45) is 5.03. The van der Waals surface area contributed by atoms with Gasteiger partial charge in [-0.2, -0.15) is 0 Å². The second-order valence-corrected chi connectivity index (χ2v) is 20.0. The van der Waals surface area contributed by atoms with E-state index in [1.807, 2.05) is 0 Å². The monoisotopic (exact) mass is 1200 g/mol. The smallest absolute Gasteiger partial charge is 0.325 e. The molecule has 0 aromatic heterocycles. The van der Waals surface area contributed by atoms with Gasteiger partial charge in [-0.15, -0.1) is 0 Å². The molecule has 5 atom stereocenters. The Balaban J connectivity index is 1.56. The fourth-order valence-corrected chi connectivity index (χ4v) is 8.74. The van der Waals surface area contributed by atoms with Crippen molar-refractivity contribution >= 4 is 76.0 Å². The van der Waals surface area contributed by atoms with Gasteiger partial charge in [0.25, 0.3) is 23.6 Å². The first-order valence-corrected chi connectivity index (χ1v) is 28.2. The molecule has 0 saturated heterocycles. The number of methoxy groups -OCH3 is 4. The highest BCUT2D eigenvalue weighted by molar-refractivity contribution is 6.08. The molecule has 0 aliphatic heterocycles. The Bertz CT molecular complexity index is 2980. The van der Waals surface area contributed by atoms with E-state index in [9.17, 15) is 48.3 Å². The summed E-state index contributed by atoms with van der Waals surface area (Å²) >= 11 is 0. The van der Waals surface area contributed by atoms with Gasteiger partial charge in [0, 0.05) is 22.7 Å². The van der Waals surface area contributed by atoms with E-state index in [1.165, 1.54) is 102 Å². The van der Waals surface area contributed by atoms with Gasteiger partial charge in [0.2, 0.25) is 23.6 Å². The highest BCUT2D eigenvalue weighted by Crippen LogP contribution is 2.28. The predicted octanol–water partition coefficient (Wildman–Crippen LogP) is 2.92. The molecular formula is C59H83N13O14. The first kappa shape index (κ1) is 69.6. The first-order valence-electron chi connectivity index (χ1n) is 28.2. The Morgan fingerprint density at radius 1 is 0.395 bits per heavy atom. The van der Waals surface area contributed by atoms with Gasteiger partial charge in [-0.3, -0.25) is 43.2 Å². The van der Waals surface area contributed by atoms with Crippen LogP contribution in [-0.2, 0) is 24.0 Å². The summed E-state index contributed by atoms with van der Waals surface area (Å²) < 4.78 is 21.8. The molecule has 0 spiro atoms. The molecule has 4 aromatic carbocycles. The molecule has 27 nitrogen and oxygen atoms in total. The zero-order chi connectivity index (χ0) is 63.3. The summed E-state index contributed by atoms with van der Waals surface area (Å²) in [6.45, 7) is 2.68. The molecule has 8 amide bonds. The number of carbonyl (C=O) groups excluding carboxylic acids is 8. The van der Waals surface area contributed by atoms with Crippen molar-refractivity contribution in [1.29, 1.82) is 0 Å². The minimum atomic E-state index is -1.27. The van der Waals surface area contributed by atoms with Crippen LogP contribution in [0.2, 0.25) is 0 Å². The van der Waals surface area contributed by atoms with Crippen LogP contribution in [0.4, 0.5) is 22.7 Å². The fraction of sp³-hybridized carbons (Fsp3) is 0.441. The third-order valence-electron chi connectivity index (χ3n) is 13.6. The zero-order valence-electron chi connectivity index (χ0n) is 49.3. The Morgan fingerprint density at radius 2 is 0.651 bits per heavy atom. The molecule has 4 rings (SSSR count). The van der Waals surface area contributed by atoms with E-state index in [2.05, 4.69) is 42.5 Å². The average Bonchev–Trinajstić information content (AvgIpc) is 2.30. The number of nitrogens with one attached hydrogen (secondary N) is 8. The van der Waals surface area contributed by atoms with Gasteiger partial charge in [-0.25, -0.2) is 0 Å². The van der Waals surface area contributed by atoms with E-state index in [1.54, 1.807) is 6.07 Å². The third-order valence-corrected chi connectivity index (χ3v) is 13.6. The second-order valence-electron chi connectivity index (χ2n) is 20.0. The number of unbranched alkanes of at least 4 members (excludes halogenated alkanes) is 4. The van der Waals surface area contributed by atoms with Crippen LogP contribution < -0.4 is 90.2 Å². The molecule has 0 radical (unpaired) electrons. The molecule has 5 unspecified atom stereocenters. The third kappa shape index (κ3) is 21.3. The number of amides is 8. The Labute approximate surface area is 499 Å². The zero-order valence-corrected chi connectivity index (χ0v) is 49.3. The van der Waals surface area contributed by atoms with Crippen molar-refractivity contribution in [2.45, 2.75) is 114 Å². The number of hydrogen-bond acceptors (Lipinski definition) is 18. The van der Waals surface area contributed by atoms with Crippen molar-refractivity contribution < 1.29 is 67.2 Å². The molecule has 0 bridgehead atoms. The summed E-state index contributed by atoms with van der Waals surface area (Å²) in [5.41, 5.74) is 29.5. The highest BCUT2D eigenvalue weighted by atomic mass is 16.5. The number of hydrogen-bond donors (Lipinski definition) is 14. The van der Waals surface area contributed by atoms with E-state index in [0.29, 0.717) is 84.0 Å². The molecule has 86 heavy (non-hydrogen) atoms. The van der Waals surface area contributed by atoms with Crippen LogP contribution in [0.1, 0.15) is 125 Å². The van der Waals surface area contributed by atoms with Crippen LogP contribution in [0, 0.1) is 0 Å². The fourth-order valence-electron chi connectivity index (χ4n) is 8.74. The van der Waals surface area contributed by atoms with Gasteiger partial charge in [0.15, 0.2) is 0 Å². The van der Waals surface area contributed by atoms with Gasteiger partial charge >= 0.3 is 5.97 Å². The number of carboxylic acid groups (broad SMARTS) is 1. The summed E-state index contributed by atoms with van der Waals surface area (Å²) in [7, 11) is 5.36. The maximum atomic E-state index is 14.3. The van der Waals surface area contributed by atoms with Crippen LogP contribution in [0.25, 0.3) is 0 Å². The van der Waals surface area contributed by atoms with E-state index in [4.69, 9.17) is 47.6 Å². The molecule has 27 heteroatoms. The first-order chi connectivity index (χ1) is 41.2. The maximum absolute atomic E-state index is 14.3. The highest BCUT2D eigenvalue weighted by Gasteiger charge is 2.29. The molecule has 19 N–H and O–H groups in total. The average molecular weight is 1200 g/mol. The Kier molecular flexibility index (Phi) is 29.2. The lowest BCUT2D eigenvalue weighted by Crippen LogP contribution is -2.44. The predicted molar refractivity (Wildman–Crippen MR) is 324 cm³/mol. The number of aliphatic carboxylic acids is 1. The second kappa shape index (κ2) is 36.1. The van der Waals surface area contributed by atoms with Crippen molar-refractivity contribution in [3.05, 3.63) is 95.1 Å². The van der Waals surface area contributed by atoms with Crippen LogP contribution in [0.3, 0.4) is 0 Å². The normalized spacial score (nSPS) is 12.6. The summed E-state index contributed by atoms with van der Waals surface area (Å²) in [6, 6.07) is 11.7. The van der Waals surface area contributed by atoms with E-state index >= 15 is 0 Å². The number of benzene rings is 4. The molecule has 0 aliphatic rings. The lowest BCUT2D eigenvalue weighted by Gasteiger charge is -2.22. The minimum absolute atomic E-state index is 0.0238. The standard InChI is InChI=1S/C59H83N13O14/c1-34(59(81)82)65-51(73)39-31-36(19-23-47(39)83-2)67-56(78)44(15-7-11-27-61)71-53(75)41-33-38(21-25-49(41)85-4)69-58(80)46(17-9-13-29-63)72-54(76)42-32-37(20-24-50(42)86-5)68-57(79)45(16-8-12-28-62)70-52(74)40-30-35(18-22-48(40)84-3)66-55(77)43(64)14-6-10-26-60/h18-25,30-34,43-46H,6-17,26-29,60-64H2,1-5H3,(H,65,73)(H,66,77)(H,67,78)(H,68,79)(H,69,80)(H,70,74)(H,71,75)(H,72,76)(H,81,82). The number of rotatable bonds is 37.